The largest absolute Gasteiger partial charge is 0.354 e. The standard InChI is InChI=1S/C14H25FN4/c1-5-19(10-6-9-18(3)4)14-13(15)12(11-16-2)7-8-17-14/h7-8,16H,5-6,9-11H2,1-4H3. The number of pyridine rings is 1. The predicted molar refractivity (Wildman–Crippen MR) is 78.0 cm³/mol. The number of halogens is 1. The van der Waals surface area contributed by atoms with Crippen molar-refractivity contribution in [2.75, 3.05) is 45.7 Å². The Morgan fingerprint density at radius 2 is 2.05 bits per heavy atom. The number of hydrogen-bond acceptors (Lipinski definition) is 4. The van der Waals surface area contributed by atoms with Gasteiger partial charge in [0.15, 0.2) is 11.6 Å². The van der Waals surface area contributed by atoms with Crippen LogP contribution in [0.5, 0.6) is 0 Å². The van der Waals surface area contributed by atoms with Crippen LogP contribution in [0.4, 0.5) is 10.2 Å². The number of aromatic nitrogens is 1. The topological polar surface area (TPSA) is 31.4 Å². The molecule has 0 fully saturated rings. The van der Waals surface area contributed by atoms with Crippen molar-refractivity contribution in [1.82, 2.24) is 15.2 Å². The van der Waals surface area contributed by atoms with Gasteiger partial charge in [0.05, 0.1) is 0 Å². The zero-order valence-corrected chi connectivity index (χ0v) is 12.4. The van der Waals surface area contributed by atoms with E-state index in [1.807, 2.05) is 33.0 Å². The highest BCUT2D eigenvalue weighted by Gasteiger charge is 2.14. The van der Waals surface area contributed by atoms with E-state index in [-0.39, 0.29) is 5.82 Å². The smallest absolute Gasteiger partial charge is 0.170 e. The van der Waals surface area contributed by atoms with Crippen LogP contribution in [0.2, 0.25) is 0 Å². The molecule has 0 saturated heterocycles. The predicted octanol–water partition coefficient (Wildman–Crippen LogP) is 1.72. The van der Waals surface area contributed by atoms with Crippen molar-refractivity contribution in [3.8, 4) is 0 Å². The van der Waals surface area contributed by atoms with Crippen molar-refractivity contribution < 1.29 is 4.39 Å². The Kier molecular flexibility index (Phi) is 6.73. The molecule has 108 valence electrons. The van der Waals surface area contributed by atoms with Gasteiger partial charge in [-0.15, -0.1) is 0 Å². The Morgan fingerprint density at radius 3 is 2.63 bits per heavy atom. The molecule has 19 heavy (non-hydrogen) atoms. The number of nitrogens with one attached hydrogen (secondary N) is 1. The summed E-state index contributed by atoms with van der Waals surface area (Å²) < 4.78 is 14.3. The van der Waals surface area contributed by atoms with Gasteiger partial charge in [-0.05, 0) is 47.1 Å². The van der Waals surface area contributed by atoms with Gasteiger partial charge in [-0.25, -0.2) is 9.37 Å². The van der Waals surface area contributed by atoms with Crippen molar-refractivity contribution in [2.45, 2.75) is 19.9 Å². The van der Waals surface area contributed by atoms with E-state index in [1.165, 1.54) is 0 Å². The number of anilines is 1. The van der Waals surface area contributed by atoms with Crippen molar-refractivity contribution in [2.24, 2.45) is 0 Å². The molecule has 0 amide bonds. The van der Waals surface area contributed by atoms with Crippen LogP contribution < -0.4 is 10.2 Å². The lowest BCUT2D eigenvalue weighted by molar-refractivity contribution is 0.400. The average molecular weight is 268 g/mol. The molecule has 0 saturated carbocycles. The van der Waals surface area contributed by atoms with Gasteiger partial charge in [0, 0.05) is 31.4 Å². The van der Waals surface area contributed by atoms with Crippen LogP contribution in [0, 0.1) is 5.82 Å². The molecular formula is C14H25FN4. The fourth-order valence-corrected chi connectivity index (χ4v) is 2.01. The van der Waals surface area contributed by atoms with E-state index in [0.29, 0.717) is 17.9 Å². The molecule has 1 rings (SSSR count). The van der Waals surface area contributed by atoms with Crippen molar-refractivity contribution >= 4 is 5.82 Å². The Labute approximate surface area is 115 Å². The summed E-state index contributed by atoms with van der Waals surface area (Å²) in [5.74, 6) is 0.262. The molecular weight excluding hydrogens is 243 g/mol. The molecule has 0 aliphatic rings. The van der Waals surface area contributed by atoms with Gasteiger partial charge in [0.1, 0.15) is 0 Å². The van der Waals surface area contributed by atoms with Crippen molar-refractivity contribution in [1.29, 1.82) is 0 Å². The van der Waals surface area contributed by atoms with Crippen LogP contribution in [-0.4, -0.2) is 50.7 Å². The van der Waals surface area contributed by atoms with Crippen LogP contribution in [0.1, 0.15) is 18.9 Å². The number of hydrogen-bond donors (Lipinski definition) is 1. The maximum absolute atomic E-state index is 14.3. The van der Waals surface area contributed by atoms with Crippen LogP contribution in [0.15, 0.2) is 12.3 Å². The molecule has 1 heterocycles. The molecule has 0 spiro atoms. The highest BCUT2D eigenvalue weighted by molar-refractivity contribution is 5.42. The normalized spacial score (nSPS) is 11.1. The summed E-state index contributed by atoms with van der Waals surface area (Å²) in [6.07, 6.45) is 2.68. The first-order valence-electron chi connectivity index (χ1n) is 6.77. The minimum absolute atomic E-state index is 0.205. The molecule has 0 aliphatic carbocycles. The second-order valence-electron chi connectivity index (χ2n) is 4.87. The van der Waals surface area contributed by atoms with Gasteiger partial charge in [-0.1, -0.05) is 0 Å². The quantitative estimate of drug-likeness (QED) is 0.778. The second kappa shape index (κ2) is 8.07. The monoisotopic (exact) mass is 268 g/mol. The molecule has 0 bridgehead atoms. The molecule has 4 nitrogen and oxygen atoms in total. The molecule has 0 radical (unpaired) electrons. The Morgan fingerprint density at radius 1 is 1.32 bits per heavy atom. The van der Waals surface area contributed by atoms with Gasteiger partial charge in [-0.2, -0.15) is 0 Å². The first-order chi connectivity index (χ1) is 9.10. The molecule has 0 atom stereocenters. The molecule has 1 N–H and O–H groups in total. The third kappa shape index (κ3) is 4.76. The summed E-state index contributed by atoms with van der Waals surface area (Å²) in [6, 6.07) is 1.73. The van der Waals surface area contributed by atoms with E-state index in [0.717, 1.165) is 26.1 Å². The van der Waals surface area contributed by atoms with Crippen LogP contribution in [0.25, 0.3) is 0 Å². The van der Waals surface area contributed by atoms with Crippen LogP contribution in [0.3, 0.4) is 0 Å². The van der Waals surface area contributed by atoms with Crippen LogP contribution in [-0.2, 0) is 6.54 Å². The molecule has 0 aliphatic heterocycles. The zero-order valence-electron chi connectivity index (χ0n) is 12.4. The summed E-state index contributed by atoms with van der Waals surface area (Å²) in [4.78, 5) is 8.33. The highest BCUT2D eigenvalue weighted by Crippen LogP contribution is 2.19. The van der Waals surface area contributed by atoms with E-state index in [4.69, 9.17) is 0 Å². The maximum Gasteiger partial charge on any atom is 0.170 e. The van der Waals surface area contributed by atoms with E-state index >= 15 is 0 Å². The SMILES string of the molecule is CCN(CCCN(C)C)c1nccc(CNC)c1F. The Balaban J connectivity index is 2.77. The first-order valence-corrected chi connectivity index (χ1v) is 6.77. The van der Waals surface area contributed by atoms with Gasteiger partial charge in [-0.3, -0.25) is 0 Å². The Hall–Kier alpha value is -1.20. The van der Waals surface area contributed by atoms with E-state index in [1.54, 1.807) is 12.3 Å². The summed E-state index contributed by atoms with van der Waals surface area (Å²) in [5.41, 5.74) is 0.665. The Bertz CT molecular complexity index is 382. The molecule has 0 aromatic carbocycles. The highest BCUT2D eigenvalue weighted by atomic mass is 19.1. The summed E-state index contributed by atoms with van der Waals surface area (Å²) >= 11 is 0. The summed E-state index contributed by atoms with van der Waals surface area (Å²) in [6.45, 7) is 5.13. The first kappa shape index (κ1) is 15.9. The fourth-order valence-electron chi connectivity index (χ4n) is 2.01. The fraction of sp³-hybridized carbons (Fsp3) is 0.643. The van der Waals surface area contributed by atoms with E-state index in [9.17, 15) is 4.39 Å². The second-order valence-corrected chi connectivity index (χ2v) is 4.87. The van der Waals surface area contributed by atoms with Crippen LogP contribution >= 0.6 is 0 Å². The molecule has 1 aromatic heterocycles. The number of rotatable bonds is 8. The van der Waals surface area contributed by atoms with Crippen molar-refractivity contribution in [3.05, 3.63) is 23.6 Å². The van der Waals surface area contributed by atoms with E-state index < -0.39 is 0 Å². The minimum atomic E-state index is -0.205. The third-order valence-electron chi connectivity index (χ3n) is 3.03. The van der Waals surface area contributed by atoms with Crippen molar-refractivity contribution in [3.63, 3.8) is 0 Å². The summed E-state index contributed by atoms with van der Waals surface area (Å²) in [5, 5.41) is 2.97. The molecule has 5 heteroatoms. The van der Waals surface area contributed by atoms with Gasteiger partial charge in [0.25, 0.3) is 0 Å². The molecule has 0 unspecified atom stereocenters. The zero-order chi connectivity index (χ0) is 14.3. The van der Waals surface area contributed by atoms with E-state index in [2.05, 4.69) is 15.2 Å². The van der Waals surface area contributed by atoms with Gasteiger partial charge in [0.2, 0.25) is 0 Å². The average Bonchev–Trinajstić information content (AvgIpc) is 2.38. The lowest BCUT2D eigenvalue weighted by Gasteiger charge is -2.24. The lowest BCUT2D eigenvalue weighted by Crippen LogP contribution is -2.29. The third-order valence-corrected chi connectivity index (χ3v) is 3.03. The maximum atomic E-state index is 14.3. The lowest BCUT2D eigenvalue weighted by atomic mass is 10.2. The van der Waals surface area contributed by atoms with Gasteiger partial charge >= 0.3 is 0 Å². The minimum Gasteiger partial charge on any atom is -0.354 e. The summed E-state index contributed by atoms with van der Waals surface area (Å²) in [7, 11) is 5.90. The molecule has 1 aromatic rings. The van der Waals surface area contributed by atoms with Gasteiger partial charge < -0.3 is 15.1 Å². The number of nitrogens with zero attached hydrogens (tertiary/aromatic N) is 3.